The summed E-state index contributed by atoms with van der Waals surface area (Å²) in [5.41, 5.74) is 0. The smallest absolute Gasteiger partial charge is 0.0630 e. The Balaban J connectivity index is 1.90. The Kier molecular flexibility index (Phi) is 7.54. The number of hydrogen-bond donors (Lipinski definition) is 1. The van der Waals surface area contributed by atoms with Crippen molar-refractivity contribution in [1.82, 2.24) is 0 Å². The highest BCUT2D eigenvalue weighted by molar-refractivity contribution is 7.99. The van der Waals surface area contributed by atoms with E-state index >= 15 is 0 Å². The first-order valence-corrected chi connectivity index (χ1v) is 7.67. The Morgan fingerprint density at radius 2 is 1.93 bits per heavy atom. The third-order valence-corrected chi connectivity index (χ3v) is 4.74. The molecule has 90 valence electrons. The molecule has 1 saturated carbocycles. The Morgan fingerprint density at radius 3 is 2.60 bits per heavy atom. The average Bonchev–Trinajstić information content (AvgIpc) is 2.74. The van der Waals surface area contributed by atoms with Crippen molar-refractivity contribution in [2.45, 2.75) is 76.1 Å². The summed E-state index contributed by atoms with van der Waals surface area (Å²) in [6, 6.07) is 0. The minimum Gasteiger partial charge on any atom is -0.392 e. The third-order valence-electron chi connectivity index (χ3n) is 3.22. The molecule has 15 heavy (non-hydrogen) atoms. The molecule has 1 fully saturated rings. The summed E-state index contributed by atoms with van der Waals surface area (Å²) in [5.74, 6) is 0.969. The van der Waals surface area contributed by atoms with Gasteiger partial charge in [-0.15, -0.1) is 0 Å². The maximum Gasteiger partial charge on any atom is 0.0630 e. The van der Waals surface area contributed by atoms with Gasteiger partial charge in [0.2, 0.25) is 0 Å². The standard InChI is InChI=1S/C13H26OS/c1-2-3-4-5-8-12(14)11-15-13-9-6-7-10-13/h12-14H,2-11H2,1H3. The van der Waals surface area contributed by atoms with Gasteiger partial charge in [-0.25, -0.2) is 0 Å². The van der Waals surface area contributed by atoms with Gasteiger partial charge in [0, 0.05) is 11.0 Å². The van der Waals surface area contributed by atoms with Gasteiger partial charge in [0.05, 0.1) is 6.10 Å². The third kappa shape index (κ3) is 6.47. The van der Waals surface area contributed by atoms with Gasteiger partial charge in [0.1, 0.15) is 0 Å². The topological polar surface area (TPSA) is 20.2 Å². The van der Waals surface area contributed by atoms with Crippen LogP contribution in [0.1, 0.15) is 64.7 Å². The van der Waals surface area contributed by atoms with Crippen molar-refractivity contribution in [3.63, 3.8) is 0 Å². The number of thioether (sulfide) groups is 1. The van der Waals surface area contributed by atoms with Crippen LogP contribution in [0.25, 0.3) is 0 Å². The van der Waals surface area contributed by atoms with Gasteiger partial charge in [-0.1, -0.05) is 45.4 Å². The molecule has 1 unspecified atom stereocenters. The summed E-state index contributed by atoms with van der Waals surface area (Å²) in [6.07, 6.45) is 11.7. The minimum atomic E-state index is -0.0487. The number of aliphatic hydroxyl groups is 1. The SMILES string of the molecule is CCCCCCC(O)CSC1CCCC1. The van der Waals surface area contributed by atoms with E-state index in [9.17, 15) is 5.11 Å². The molecule has 0 amide bonds. The molecule has 0 radical (unpaired) electrons. The molecule has 0 aromatic heterocycles. The van der Waals surface area contributed by atoms with Crippen LogP contribution in [0, 0.1) is 0 Å². The maximum atomic E-state index is 9.79. The fraction of sp³-hybridized carbons (Fsp3) is 1.00. The second-order valence-corrected chi connectivity index (χ2v) is 6.08. The molecule has 1 N–H and O–H groups in total. The van der Waals surface area contributed by atoms with Crippen LogP contribution in [0.4, 0.5) is 0 Å². The van der Waals surface area contributed by atoms with Gasteiger partial charge < -0.3 is 5.11 Å². The number of unbranched alkanes of at least 4 members (excludes halogenated alkanes) is 3. The Hall–Kier alpha value is 0.310. The highest BCUT2D eigenvalue weighted by Gasteiger charge is 2.16. The van der Waals surface area contributed by atoms with Crippen LogP contribution < -0.4 is 0 Å². The van der Waals surface area contributed by atoms with Gasteiger partial charge in [0.15, 0.2) is 0 Å². The first-order chi connectivity index (χ1) is 7.33. The van der Waals surface area contributed by atoms with E-state index < -0.39 is 0 Å². The van der Waals surface area contributed by atoms with Gasteiger partial charge in [0.25, 0.3) is 0 Å². The lowest BCUT2D eigenvalue weighted by molar-refractivity contribution is 0.185. The lowest BCUT2D eigenvalue weighted by Crippen LogP contribution is -2.12. The van der Waals surface area contributed by atoms with Crippen LogP contribution in [-0.4, -0.2) is 22.2 Å². The second-order valence-electron chi connectivity index (χ2n) is 4.74. The van der Waals surface area contributed by atoms with E-state index in [-0.39, 0.29) is 6.10 Å². The Labute approximate surface area is 99.0 Å². The van der Waals surface area contributed by atoms with Crippen LogP contribution in [0.3, 0.4) is 0 Å². The normalized spacial score (nSPS) is 19.6. The first-order valence-electron chi connectivity index (χ1n) is 6.62. The van der Waals surface area contributed by atoms with Crippen molar-refractivity contribution in [1.29, 1.82) is 0 Å². The molecule has 0 heterocycles. The molecule has 2 heteroatoms. The summed E-state index contributed by atoms with van der Waals surface area (Å²) >= 11 is 2.01. The van der Waals surface area contributed by atoms with Gasteiger partial charge in [-0.3, -0.25) is 0 Å². The van der Waals surface area contributed by atoms with Gasteiger partial charge in [-0.05, 0) is 19.3 Å². The van der Waals surface area contributed by atoms with Crippen LogP contribution in [-0.2, 0) is 0 Å². The predicted molar refractivity (Wildman–Crippen MR) is 69.5 cm³/mol. The highest BCUT2D eigenvalue weighted by Crippen LogP contribution is 2.30. The summed E-state index contributed by atoms with van der Waals surface area (Å²) in [6.45, 7) is 2.23. The second kappa shape index (κ2) is 8.46. The molecule has 0 aromatic carbocycles. The molecule has 0 bridgehead atoms. The number of rotatable bonds is 8. The molecule has 1 nitrogen and oxygen atoms in total. The summed E-state index contributed by atoms with van der Waals surface area (Å²) < 4.78 is 0. The van der Waals surface area contributed by atoms with E-state index in [1.54, 1.807) is 0 Å². The van der Waals surface area contributed by atoms with Gasteiger partial charge in [-0.2, -0.15) is 11.8 Å². The molecular weight excluding hydrogens is 204 g/mol. The van der Waals surface area contributed by atoms with Crippen molar-refractivity contribution < 1.29 is 5.11 Å². The molecule has 0 saturated heterocycles. The monoisotopic (exact) mass is 230 g/mol. The van der Waals surface area contributed by atoms with E-state index in [4.69, 9.17) is 0 Å². The number of hydrogen-bond acceptors (Lipinski definition) is 2. The van der Waals surface area contributed by atoms with E-state index in [2.05, 4.69) is 6.92 Å². The maximum absolute atomic E-state index is 9.79. The van der Waals surface area contributed by atoms with Gasteiger partial charge >= 0.3 is 0 Å². The van der Waals surface area contributed by atoms with Crippen molar-refractivity contribution in [2.75, 3.05) is 5.75 Å². The average molecular weight is 230 g/mol. The van der Waals surface area contributed by atoms with Crippen molar-refractivity contribution in [3.8, 4) is 0 Å². The van der Waals surface area contributed by atoms with Crippen LogP contribution in [0.15, 0.2) is 0 Å². The minimum absolute atomic E-state index is 0.0487. The molecule has 0 aliphatic heterocycles. The van der Waals surface area contributed by atoms with E-state index in [1.807, 2.05) is 11.8 Å². The lowest BCUT2D eigenvalue weighted by Gasteiger charge is -2.13. The highest BCUT2D eigenvalue weighted by atomic mass is 32.2. The summed E-state index contributed by atoms with van der Waals surface area (Å²) in [5, 5.41) is 10.6. The van der Waals surface area contributed by atoms with E-state index in [1.165, 1.54) is 51.4 Å². The molecule has 1 aliphatic carbocycles. The Bertz CT molecular complexity index is 143. The summed E-state index contributed by atoms with van der Waals surface area (Å²) in [7, 11) is 0. The summed E-state index contributed by atoms with van der Waals surface area (Å²) in [4.78, 5) is 0. The Morgan fingerprint density at radius 1 is 1.20 bits per heavy atom. The quantitative estimate of drug-likeness (QED) is 0.636. The van der Waals surface area contributed by atoms with Crippen molar-refractivity contribution in [2.24, 2.45) is 0 Å². The van der Waals surface area contributed by atoms with Crippen molar-refractivity contribution >= 4 is 11.8 Å². The zero-order valence-corrected chi connectivity index (χ0v) is 10.9. The van der Waals surface area contributed by atoms with Crippen LogP contribution >= 0.6 is 11.8 Å². The van der Waals surface area contributed by atoms with Crippen LogP contribution in [0.2, 0.25) is 0 Å². The molecule has 1 atom stereocenters. The molecule has 1 aliphatic rings. The fourth-order valence-corrected chi connectivity index (χ4v) is 3.52. The fourth-order valence-electron chi connectivity index (χ4n) is 2.19. The molecule has 0 spiro atoms. The predicted octanol–water partition coefficient (Wildman–Crippen LogP) is 3.99. The largest absolute Gasteiger partial charge is 0.392 e. The lowest BCUT2D eigenvalue weighted by atomic mass is 10.1. The van der Waals surface area contributed by atoms with Crippen LogP contribution in [0.5, 0.6) is 0 Å². The first kappa shape index (κ1) is 13.4. The zero-order valence-electron chi connectivity index (χ0n) is 10.1. The zero-order chi connectivity index (χ0) is 10.9. The van der Waals surface area contributed by atoms with E-state index in [0.717, 1.165) is 17.4 Å². The van der Waals surface area contributed by atoms with E-state index in [0.29, 0.717) is 0 Å². The number of aliphatic hydroxyl groups excluding tert-OH is 1. The molecular formula is C13H26OS. The molecule has 0 aromatic rings. The van der Waals surface area contributed by atoms with Crippen molar-refractivity contribution in [3.05, 3.63) is 0 Å². The molecule has 1 rings (SSSR count).